The van der Waals surface area contributed by atoms with E-state index < -0.39 is 0 Å². The molecule has 0 fully saturated rings. The van der Waals surface area contributed by atoms with Crippen molar-refractivity contribution < 1.29 is 8.98 Å². The molecule has 0 aliphatic carbocycles. The zero-order valence-electron chi connectivity index (χ0n) is 17.8. The second kappa shape index (κ2) is 7.09. The number of pyridine rings is 1. The van der Waals surface area contributed by atoms with Gasteiger partial charge in [0.25, 0.3) is 0 Å². The maximum absolute atomic E-state index is 5.68. The van der Waals surface area contributed by atoms with Gasteiger partial charge in [0.1, 0.15) is 12.6 Å². The van der Waals surface area contributed by atoms with Gasteiger partial charge in [-0.3, -0.25) is 0 Å². The van der Waals surface area contributed by atoms with E-state index in [4.69, 9.17) is 4.42 Å². The van der Waals surface area contributed by atoms with E-state index in [2.05, 4.69) is 88.8 Å². The van der Waals surface area contributed by atoms with Crippen molar-refractivity contribution in [2.45, 2.75) is 40.5 Å². The van der Waals surface area contributed by atoms with Crippen molar-refractivity contribution >= 4 is 21.7 Å². The lowest BCUT2D eigenvalue weighted by Gasteiger charge is -2.25. The summed E-state index contributed by atoms with van der Waals surface area (Å²) in [6.07, 6.45) is 3.94. The fourth-order valence-corrected chi connectivity index (χ4v) is 4.85. The minimum absolute atomic E-state index is 0.572. The molecule has 0 unspecified atom stereocenters. The molecule has 2 aromatic carbocycles. The lowest BCUT2D eigenvalue weighted by molar-refractivity contribution is -0.659. The molecule has 0 atom stereocenters. The molecule has 0 radical (unpaired) electrons. The molecular formula is C26H30NO+. The predicted molar refractivity (Wildman–Crippen MR) is 117 cm³/mol. The Labute approximate surface area is 167 Å². The van der Waals surface area contributed by atoms with Crippen LogP contribution in [0.5, 0.6) is 0 Å². The van der Waals surface area contributed by atoms with Gasteiger partial charge in [-0.05, 0) is 65.5 Å². The predicted octanol–water partition coefficient (Wildman–Crippen LogP) is 6.78. The van der Waals surface area contributed by atoms with Crippen molar-refractivity contribution in [3.8, 4) is 11.3 Å². The lowest BCUT2D eigenvalue weighted by atomic mass is 9.79. The highest BCUT2D eigenvalue weighted by Crippen LogP contribution is 2.36. The Morgan fingerprint density at radius 3 is 2.32 bits per heavy atom. The molecule has 28 heavy (non-hydrogen) atoms. The second-order valence-corrected chi connectivity index (χ2v) is 8.76. The summed E-state index contributed by atoms with van der Waals surface area (Å²) in [7, 11) is 2.12. The molecule has 4 rings (SSSR count). The van der Waals surface area contributed by atoms with Crippen molar-refractivity contribution in [1.82, 2.24) is 0 Å². The average molecular weight is 373 g/mol. The molecule has 0 spiro atoms. The first-order valence-corrected chi connectivity index (χ1v) is 10.3. The van der Waals surface area contributed by atoms with E-state index in [0.29, 0.717) is 17.8 Å². The van der Waals surface area contributed by atoms with Crippen LogP contribution in [0.2, 0.25) is 0 Å². The smallest absolute Gasteiger partial charge is 0.220 e. The van der Waals surface area contributed by atoms with Gasteiger partial charge >= 0.3 is 0 Å². The molecule has 0 saturated carbocycles. The van der Waals surface area contributed by atoms with Crippen LogP contribution in [0.1, 0.15) is 44.7 Å². The Bertz CT molecular complexity index is 1140. The third kappa shape index (κ3) is 3.11. The minimum Gasteiger partial charge on any atom is -0.464 e. The fraction of sp³-hybridized carbons (Fsp3) is 0.346. The van der Waals surface area contributed by atoms with Gasteiger partial charge in [-0.15, -0.1) is 0 Å². The third-order valence-corrected chi connectivity index (χ3v) is 6.04. The van der Waals surface area contributed by atoms with E-state index in [0.717, 1.165) is 11.0 Å². The summed E-state index contributed by atoms with van der Waals surface area (Å²) < 4.78 is 7.90. The highest BCUT2D eigenvalue weighted by atomic mass is 16.3. The van der Waals surface area contributed by atoms with Crippen LogP contribution >= 0.6 is 0 Å². The highest BCUT2D eigenvalue weighted by Gasteiger charge is 2.22. The molecule has 144 valence electrons. The van der Waals surface area contributed by atoms with Crippen LogP contribution < -0.4 is 4.57 Å². The summed E-state index contributed by atoms with van der Waals surface area (Å²) in [5.41, 5.74) is 6.12. The number of nitrogens with zero attached hydrogens (tertiary/aromatic N) is 1. The van der Waals surface area contributed by atoms with Crippen LogP contribution in [0.25, 0.3) is 33.0 Å². The van der Waals surface area contributed by atoms with Crippen molar-refractivity contribution in [3.05, 3.63) is 66.1 Å². The van der Waals surface area contributed by atoms with E-state index in [1.807, 2.05) is 6.07 Å². The average Bonchev–Trinajstić information content (AvgIpc) is 3.08. The summed E-state index contributed by atoms with van der Waals surface area (Å²) in [6.45, 7) is 11.5. The summed E-state index contributed by atoms with van der Waals surface area (Å²) in [6, 6.07) is 15.7. The molecule has 0 bridgehead atoms. The molecule has 0 aliphatic heterocycles. The first-order valence-electron chi connectivity index (χ1n) is 10.3. The van der Waals surface area contributed by atoms with Gasteiger partial charge in [0, 0.05) is 11.5 Å². The van der Waals surface area contributed by atoms with Crippen molar-refractivity contribution in [2.24, 2.45) is 18.9 Å². The van der Waals surface area contributed by atoms with Crippen LogP contribution in [0.4, 0.5) is 0 Å². The van der Waals surface area contributed by atoms with Crippen LogP contribution in [0.3, 0.4) is 0 Å². The standard InChI is InChI=1S/C26H30NO/c1-16(2)25(17(3)4)21-7-8-22-19(14-21)9-11-27(6)26(22)23-15-24-20(10-12-28-24)13-18(23)5/h7-17,25H,1-6H3/q+1. The van der Waals surface area contributed by atoms with Crippen molar-refractivity contribution in [2.75, 3.05) is 0 Å². The summed E-state index contributed by atoms with van der Waals surface area (Å²) in [5.74, 6) is 1.82. The van der Waals surface area contributed by atoms with Crippen LogP contribution in [0.15, 0.2) is 59.3 Å². The second-order valence-electron chi connectivity index (χ2n) is 8.76. The maximum atomic E-state index is 5.68. The van der Waals surface area contributed by atoms with E-state index >= 15 is 0 Å². The number of rotatable bonds is 4. The molecule has 2 nitrogen and oxygen atoms in total. The molecule has 0 aliphatic rings. The number of hydrogen-bond donors (Lipinski definition) is 0. The molecule has 2 heteroatoms. The normalized spacial score (nSPS) is 12.2. The Hall–Kier alpha value is -2.61. The number of aryl methyl sites for hydroxylation is 2. The molecular weight excluding hydrogens is 342 g/mol. The topological polar surface area (TPSA) is 17.0 Å². The molecule has 2 heterocycles. The SMILES string of the molecule is Cc1cc2ccoc2cc1-c1c2ccc(C(C(C)C)C(C)C)cc2cc[n+]1C. The van der Waals surface area contributed by atoms with E-state index in [1.54, 1.807) is 6.26 Å². The minimum atomic E-state index is 0.572. The van der Waals surface area contributed by atoms with Crippen molar-refractivity contribution in [1.29, 1.82) is 0 Å². The molecule has 4 aromatic rings. The maximum Gasteiger partial charge on any atom is 0.220 e. The molecule has 0 N–H and O–H groups in total. The summed E-state index contributed by atoms with van der Waals surface area (Å²) in [5, 5.41) is 3.74. The van der Waals surface area contributed by atoms with E-state index in [1.165, 1.54) is 33.2 Å². The fourth-order valence-electron chi connectivity index (χ4n) is 4.85. The van der Waals surface area contributed by atoms with Crippen LogP contribution in [0, 0.1) is 18.8 Å². The first-order chi connectivity index (χ1) is 13.4. The Morgan fingerprint density at radius 1 is 0.857 bits per heavy atom. The lowest BCUT2D eigenvalue weighted by Crippen LogP contribution is -2.30. The Kier molecular flexibility index (Phi) is 4.74. The number of benzene rings is 2. The van der Waals surface area contributed by atoms with Gasteiger partial charge < -0.3 is 4.42 Å². The summed E-state index contributed by atoms with van der Waals surface area (Å²) >= 11 is 0. The zero-order chi connectivity index (χ0) is 20.0. The molecule has 0 saturated heterocycles. The number of furan rings is 1. The van der Waals surface area contributed by atoms with Gasteiger partial charge in [-0.2, -0.15) is 0 Å². The molecule has 2 aromatic heterocycles. The summed E-state index contributed by atoms with van der Waals surface area (Å²) in [4.78, 5) is 0. The monoisotopic (exact) mass is 372 g/mol. The highest BCUT2D eigenvalue weighted by molar-refractivity contribution is 5.96. The number of aromatic nitrogens is 1. The van der Waals surface area contributed by atoms with Crippen LogP contribution in [-0.2, 0) is 7.05 Å². The first kappa shape index (κ1) is 18.7. The van der Waals surface area contributed by atoms with Crippen molar-refractivity contribution in [3.63, 3.8) is 0 Å². The van der Waals surface area contributed by atoms with Gasteiger partial charge in [0.05, 0.1) is 17.2 Å². The number of fused-ring (bicyclic) bond motifs is 2. The van der Waals surface area contributed by atoms with Gasteiger partial charge in [0.15, 0.2) is 6.20 Å². The zero-order valence-corrected chi connectivity index (χ0v) is 17.8. The van der Waals surface area contributed by atoms with Gasteiger partial charge in [0.2, 0.25) is 5.69 Å². The Balaban J connectivity index is 1.93. The number of hydrogen-bond acceptors (Lipinski definition) is 1. The third-order valence-electron chi connectivity index (χ3n) is 6.04. The van der Waals surface area contributed by atoms with E-state index in [-0.39, 0.29) is 0 Å². The molecule has 0 amide bonds. The quantitative estimate of drug-likeness (QED) is 0.361. The van der Waals surface area contributed by atoms with Gasteiger partial charge in [-0.1, -0.05) is 39.8 Å². The largest absolute Gasteiger partial charge is 0.464 e. The van der Waals surface area contributed by atoms with Gasteiger partial charge in [-0.25, -0.2) is 4.57 Å². The Morgan fingerprint density at radius 2 is 1.61 bits per heavy atom. The van der Waals surface area contributed by atoms with Crippen LogP contribution in [-0.4, -0.2) is 0 Å². The van der Waals surface area contributed by atoms with E-state index in [9.17, 15) is 0 Å².